The summed E-state index contributed by atoms with van der Waals surface area (Å²) in [7, 11) is -19.6. The Hall–Kier alpha value is -0.960. The van der Waals surface area contributed by atoms with Crippen molar-refractivity contribution in [3.8, 4) is 11.1 Å². The fourth-order valence-electron chi connectivity index (χ4n) is 3.55. The van der Waals surface area contributed by atoms with E-state index in [0.717, 1.165) is 24.3 Å². The van der Waals surface area contributed by atoms with Crippen molar-refractivity contribution < 1.29 is 50.4 Å². The van der Waals surface area contributed by atoms with Crippen LogP contribution in [0.2, 0.25) is 0 Å². The molecule has 0 aromatic heterocycles. The maximum atomic E-state index is 13.8. The van der Waals surface area contributed by atoms with Gasteiger partial charge < -0.3 is 0 Å². The van der Waals surface area contributed by atoms with Crippen LogP contribution in [0.4, 0.5) is 0 Å². The third-order valence-corrected chi connectivity index (χ3v) is 11.8. The Labute approximate surface area is 290 Å². The van der Waals surface area contributed by atoms with E-state index in [1.165, 1.54) is 0 Å². The molecule has 0 aliphatic carbocycles. The van der Waals surface area contributed by atoms with Gasteiger partial charge in [-0.1, -0.05) is 87.2 Å². The third kappa shape index (κ3) is 11.0. The average Bonchev–Trinajstić information content (AvgIpc) is 2.92. The van der Waals surface area contributed by atoms with Gasteiger partial charge in [0.05, 0.1) is 26.4 Å². The zero-order chi connectivity index (χ0) is 35.4. The highest BCUT2D eigenvalue weighted by Crippen LogP contribution is 2.45. The molecule has 0 bridgehead atoms. The van der Waals surface area contributed by atoms with E-state index in [4.69, 9.17) is 16.7 Å². The second kappa shape index (κ2) is 16.2. The van der Waals surface area contributed by atoms with Crippen LogP contribution in [-0.2, 0) is 57.2 Å². The van der Waals surface area contributed by atoms with E-state index in [9.17, 15) is 33.7 Å². The van der Waals surface area contributed by atoms with E-state index in [1.807, 2.05) is 0 Å². The first-order valence-corrected chi connectivity index (χ1v) is 21.4. The first-order chi connectivity index (χ1) is 20.9. The summed E-state index contributed by atoms with van der Waals surface area (Å²) < 4.78 is 131. The second-order valence-electron chi connectivity index (χ2n) is 12.1. The number of rotatable bonds is 17. The van der Waals surface area contributed by atoms with Crippen LogP contribution in [0.1, 0.15) is 55.4 Å². The van der Waals surface area contributed by atoms with Gasteiger partial charge in [0, 0.05) is 20.1 Å². The van der Waals surface area contributed by atoms with E-state index in [0.29, 0.717) is 0 Å². The van der Waals surface area contributed by atoms with E-state index in [-0.39, 0.29) is 59.0 Å². The molecule has 0 saturated carbocycles. The molecule has 262 valence electrons. The monoisotopic (exact) mass is 854 g/mol. The van der Waals surface area contributed by atoms with Crippen LogP contribution >= 0.6 is 31.9 Å². The standard InChI is InChI=1S/C28H40Br2O12S4/c1-17(2)13-39-43(31,32)23-9-21(29)10-24(44(33,34)40-14-18(3)4)27(23)28-25(45(35,36)41-15-19(5)6)11-22(30)12-26(28)46(37,38)42-16-20(7)8/h9-12,17-20H,13-16H2,1-8H3. The lowest BCUT2D eigenvalue weighted by atomic mass is 10.1. The lowest BCUT2D eigenvalue weighted by Crippen LogP contribution is -2.20. The van der Waals surface area contributed by atoms with Crippen LogP contribution in [-0.4, -0.2) is 60.1 Å². The predicted molar refractivity (Wildman–Crippen MR) is 179 cm³/mol. The Morgan fingerprint density at radius 1 is 0.435 bits per heavy atom. The molecular formula is C28H40Br2O12S4. The highest BCUT2D eigenvalue weighted by atomic mass is 79.9. The zero-order valence-corrected chi connectivity index (χ0v) is 33.2. The molecule has 46 heavy (non-hydrogen) atoms. The molecule has 0 fully saturated rings. The summed E-state index contributed by atoms with van der Waals surface area (Å²) in [5.74, 6) is -1.18. The Balaban J connectivity index is 3.35. The van der Waals surface area contributed by atoms with Crippen LogP contribution in [0.15, 0.2) is 52.8 Å². The van der Waals surface area contributed by atoms with Gasteiger partial charge >= 0.3 is 0 Å². The largest absolute Gasteiger partial charge is 0.297 e. The van der Waals surface area contributed by atoms with Gasteiger partial charge in [0.25, 0.3) is 40.5 Å². The minimum absolute atomic E-state index is 0.0623. The van der Waals surface area contributed by atoms with E-state index in [2.05, 4.69) is 31.9 Å². The molecule has 0 unspecified atom stereocenters. The van der Waals surface area contributed by atoms with Crippen LogP contribution < -0.4 is 0 Å². The third-order valence-electron chi connectivity index (χ3n) is 5.61. The fraction of sp³-hybridized carbons (Fsp3) is 0.571. The van der Waals surface area contributed by atoms with Gasteiger partial charge in [-0.25, -0.2) is 0 Å². The molecule has 0 heterocycles. The van der Waals surface area contributed by atoms with Crippen molar-refractivity contribution in [2.24, 2.45) is 23.7 Å². The molecule has 0 N–H and O–H groups in total. The van der Waals surface area contributed by atoms with Crippen molar-refractivity contribution >= 4 is 72.3 Å². The molecule has 12 nitrogen and oxygen atoms in total. The van der Waals surface area contributed by atoms with Crippen molar-refractivity contribution in [2.45, 2.75) is 75.0 Å². The van der Waals surface area contributed by atoms with Gasteiger partial charge in [0.1, 0.15) is 19.6 Å². The molecule has 0 spiro atoms. The first kappa shape index (κ1) is 41.2. The molecule has 2 aromatic carbocycles. The van der Waals surface area contributed by atoms with E-state index < -0.39 is 71.2 Å². The fourth-order valence-corrected chi connectivity index (χ4v) is 10.5. The summed E-state index contributed by atoms with van der Waals surface area (Å²) in [6.07, 6.45) is 0. The van der Waals surface area contributed by atoms with Gasteiger partial charge in [-0.3, -0.25) is 16.7 Å². The quantitative estimate of drug-likeness (QED) is 0.162. The van der Waals surface area contributed by atoms with Crippen molar-refractivity contribution in [1.29, 1.82) is 0 Å². The van der Waals surface area contributed by atoms with Crippen LogP contribution in [0, 0.1) is 23.7 Å². The normalized spacial score (nSPS) is 13.4. The molecule has 2 rings (SSSR count). The van der Waals surface area contributed by atoms with E-state index in [1.54, 1.807) is 55.4 Å². The summed E-state index contributed by atoms with van der Waals surface area (Å²) >= 11 is 6.28. The van der Waals surface area contributed by atoms with Gasteiger partial charge in [-0.15, -0.1) is 0 Å². The lowest BCUT2D eigenvalue weighted by molar-refractivity contribution is 0.272. The Kier molecular flexibility index (Phi) is 14.5. The minimum atomic E-state index is -4.89. The Morgan fingerprint density at radius 2 is 0.609 bits per heavy atom. The van der Waals surface area contributed by atoms with Gasteiger partial charge in [-0.05, 0) is 47.9 Å². The van der Waals surface area contributed by atoms with Crippen molar-refractivity contribution in [3.05, 3.63) is 33.2 Å². The van der Waals surface area contributed by atoms with Crippen molar-refractivity contribution in [2.75, 3.05) is 26.4 Å². The zero-order valence-electron chi connectivity index (χ0n) is 26.7. The second-order valence-corrected chi connectivity index (χ2v) is 20.3. The molecule has 0 amide bonds. The maximum absolute atomic E-state index is 13.8. The van der Waals surface area contributed by atoms with Gasteiger partial charge in [-0.2, -0.15) is 33.7 Å². The molecule has 0 aliphatic heterocycles. The first-order valence-electron chi connectivity index (χ1n) is 14.2. The summed E-state index contributed by atoms with van der Waals surface area (Å²) in [5, 5.41) is 0. The summed E-state index contributed by atoms with van der Waals surface area (Å²) in [4.78, 5) is -3.34. The molecule has 0 radical (unpaired) electrons. The Bertz CT molecular complexity index is 1570. The van der Waals surface area contributed by atoms with Crippen molar-refractivity contribution in [3.63, 3.8) is 0 Å². The number of hydrogen-bond acceptors (Lipinski definition) is 12. The number of hydrogen-bond donors (Lipinski definition) is 0. The predicted octanol–water partition coefficient (Wildman–Crippen LogP) is 6.32. The summed E-state index contributed by atoms with van der Waals surface area (Å²) in [6.45, 7) is 12.1. The molecule has 0 saturated heterocycles. The maximum Gasteiger partial charge on any atom is 0.297 e. The summed E-state index contributed by atoms with van der Waals surface area (Å²) in [5.41, 5.74) is -1.64. The highest BCUT2D eigenvalue weighted by molar-refractivity contribution is 9.10. The average molecular weight is 857 g/mol. The van der Waals surface area contributed by atoms with Crippen LogP contribution in [0.3, 0.4) is 0 Å². The molecule has 18 heteroatoms. The Morgan fingerprint density at radius 3 is 0.761 bits per heavy atom. The van der Waals surface area contributed by atoms with Gasteiger partial charge in [0.2, 0.25) is 0 Å². The number of halogens is 2. The molecular weight excluding hydrogens is 816 g/mol. The lowest BCUT2D eigenvalue weighted by Gasteiger charge is -2.22. The van der Waals surface area contributed by atoms with Gasteiger partial charge in [0.15, 0.2) is 0 Å². The molecule has 0 atom stereocenters. The number of benzene rings is 2. The highest BCUT2D eigenvalue weighted by Gasteiger charge is 2.38. The SMILES string of the molecule is CC(C)COS(=O)(=O)c1cc(Br)cc(S(=O)(=O)OCC(C)C)c1-c1c(S(=O)(=O)OCC(C)C)cc(Br)cc1S(=O)(=O)OCC(C)C. The molecule has 0 aliphatic rings. The minimum Gasteiger partial charge on any atom is -0.266 e. The summed E-state index contributed by atoms with van der Waals surface area (Å²) in [6, 6.07) is 3.97. The topological polar surface area (TPSA) is 173 Å². The smallest absolute Gasteiger partial charge is 0.266 e. The van der Waals surface area contributed by atoms with Crippen LogP contribution in [0.5, 0.6) is 0 Å². The van der Waals surface area contributed by atoms with E-state index >= 15 is 0 Å². The van der Waals surface area contributed by atoms with Crippen LogP contribution in [0.25, 0.3) is 11.1 Å². The van der Waals surface area contributed by atoms with Crippen molar-refractivity contribution in [1.82, 2.24) is 0 Å². The molecule has 2 aromatic rings.